The summed E-state index contributed by atoms with van der Waals surface area (Å²) in [4.78, 5) is 12.3. The minimum Gasteiger partial charge on any atom is -0.493 e. The van der Waals surface area contributed by atoms with Crippen LogP contribution in [0.15, 0.2) is 47.4 Å². The third kappa shape index (κ3) is 4.99. The molecule has 0 saturated carbocycles. The molecule has 0 fully saturated rings. The van der Waals surface area contributed by atoms with Gasteiger partial charge in [-0.1, -0.05) is 18.2 Å². The molecule has 2 aromatic carbocycles. The summed E-state index contributed by atoms with van der Waals surface area (Å²) in [5, 5.41) is 2.94. The van der Waals surface area contributed by atoms with Crippen LogP contribution in [-0.2, 0) is 14.8 Å². The fourth-order valence-corrected chi connectivity index (χ4v) is 4.17. The second-order valence-corrected chi connectivity index (χ2v) is 8.23. The second-order valence-electron chi connectivity index (χ2n) is 6.46. The van der Waals surface area contributed by atoms with Crippen LogP contribution >= 0.6 is 0 Å². The number of hydrogen-bond donors (Lipinski definition) is 2. The van der Waals surface area contributed by atoms with Crippen LogP contribution in [-0.4, -0.2) is 41.7 Å². The van der Waals surface area contributed by atoms with E-state index in [2.05, 4.69) is 10.0 Å². The number of fused-ring (bicyclic) bond motifs is 1. The van der Waals surface area contributed by atoms with Crippen LogP contribution in [0.5, 0.6) is 17.2 Å². The van der Waals surface area contributed by atoms with Crippen LogP contribution in [0.25, 0.3) is 0 Å². The zero-order valence-corrected chi connectivity index (χ0v) is 17.1. The average molecular weight is 420 g/mol. The van der Waals surface area contributed by atoms with Gasteiger partial charge in [0.2, 0.25) is 15.9 Å². The number of amides is 1. The van der Waals surface area contributed by atoms with Crippen LogP contribution in [0, 0.1) is 0 Å². The van der Waals surface area contributed by atoms with E-state index in [9.17, 15) is 13.2 Å². The van der Waals surface area contributed by atoms with Gasteiger partial charge in [-0.25, -0.2) is 13.1 Å². The van der Waals surface area contributed by atoms with Gasteiger partial charge in [-0.05, 0) is 18.2 Å². The van der Waals surface area contributed by atoms with Gasteiger partial charge in [-0.15, -0.1) is 0 Å². The summed E-state index contributed by atoms with van der Waals surface area (Å²) in [5.41, 5.74) is 0.929. The van der Waals surface area contributed by atoms with Crippen molar-refractivity contribution < 1.29 is 27.4 Å². The predicted molar refractivity (Wildman–Crippen MR) is 107 cm³/mol. The monoisotopic (exact) mass is 420 g/mol. The minimum atomic E-state index is -3.78. The topological polar surface area (TPSA) is 103 Å². The molecule has 0 saturated heterocycles. The minimum absolute atomic E-state index is 0.0199. The molecule has 0 radical (unpaired) electrons. The first-order valence-corrected chi connectivity index (χ1v) is 10.7. The smallest absolute Gasteiger partial charge is 0.240 e. The highest BCUT2D eigenvalue weighted by Crippen LogP contribution is 2.31. The van der Waals surface area contributed by atoms with Crippen LogP contribution in [0.2, 0.25) is 0 Å². The molecule has 0 aromatic heterocycles. The molecule has 1 aliphatic heterocycles. The summed E-state index contributed by atoms with van der Waals surface area (Å²) in [6.07, 6.45) is 0.687. The summed E-state index contributed by atoms with van der Waals surface area (Å²) >= 11 is 0. The van der Waals surface area contributed by atoms with Gasteiger partial charge in [0.1, 0.15) is 5.75 Å². The third-order valence-corrected chi connectivity index (χ3v) is 6.06. The number of benzene rings is 2. The van der Waals surface area contributed by atoms with Gasteiger partial charge < -0.3 is 19.5 Å². The van der Waals surface area contributed by atoms with Crippen molar-refractivity contribution >= 4 is 15.9 Å². The number of sulfonamides is 1. The van der Waals surface area contributed by atoms with Gasteiger partial charge in [-0.2, -0.15) is 0 Å². The number of methoxy groups -OCH3 is 2. The van der Waals surface area contributed by atoms with E-state index in [0.717, 1.165) is 11.3 Å². The number of nitrogens with one attached hydrogen (secondary N) is 2. The third-order valence-electron chi connectivity index (χ3n) is 4.60. The summed E-state index contributed by atoms with van der Waals surface area (Å²) < 4.78 is 43.2. The van der Waals surface area contributed by atoms with E-state index in [0.29, 0.717) is 24.5 Å². The summed E-state index contributed by atoms with van der Waals surface area (Å²) in [6, 6.07) is 11.7. The zero-order chi connectivity index (χ0) is 20.9. The van der Waals surface area contributed by atoms with Gasteiger partial charge in [0, 0.05) is 31.0 Å². The van der Waals surface area contributed by atoms with Crippen LogP contribution in [0.3, 0.4) is 0 Å². The van der Waals surface area contributed by atoms with E-state index in [1.54, 1.807) is 0 Å². The van der Waals surface area contributed by atoms with E-state index >= 15 is 0 Å². The Balaban J connectivity index is 1.56. The molecule has 156 valence electrons. The molecule has 29 heavy (non-hydrogen) atoms. The Bertz CT molecular complexity index is 977. The van der Waals surface area contributed by atoms with E-state index in [4.69, 9.17) is 14.2 Å². The van der Waals surface area contributed by atoms with Crippen molar-refractivity contribution in [1.29, 1.82) is 0 Å². The van der Waals surface area contributed by atoms with E-state index < -0.39 is 10.0 Å². The van der Waals surface area contributed by atoms with Crippen LogP contribution in [0.1, 0.15) is 24.4 Å². The largest absolute Gasteiger partial charge is 0.493 e. The Morgan fingerprint density at radius 1 is 1.14 bits per heavy atom. The SMILES string of the molecule is COc1ccc(S(=O)(=O)NCCC(=O)NC2CCOc3ccccc32)cc1OC. The lowest BCUT2D eigenvalue weighted by atomic mass is 10.0. The molecule has 3 rings (SSSR count). The predicted octanol–water partition coefficient (Wildman–Crippen LogP) is 2.01. The molecule has 1 aliphatic rings. The Kier molecular flexibility index (Phi) is 6.60. The maximum Gasteiger partial charge on any atom is 0.240 e. The van der Waals surface area contributed by atoms with Crippen molar-refractivity contribution in [2.24, 2.45) is 0 Å². The standard InChI is InChI=1S/C20H24N2O6S/c1-26-18-8-7-14(13-19(18)27-2)29(24,25)21-11-9-20(23)22-16-10-12-28-17-6-4-3-5-15(16)17/h3-8,13,16,21H,9-12H2,1-2H3,(H,22,23). The molecular formula is C20H24N2O6S. The Morgan fingerprint density at radius 2 is 1.90 bits per heavy atom. The molecule has 0 aliphatic carbocycles. The number of hydrogen-bond acceptors (Lipinski definition) is 6. The number of carbonyl (C=O) groups is 1. The Labute approximate surface area is 170 Å². The number of rotatable bonds is 8. The molecular weight excluding hydrogens is 396 g/mol. The maximum atomic E-state index is 12.5. The number of carbonyl (C=O) groups excluding carboxylic acids is 1. The van der Waals surface area contributed by atoms with Gasteiger partial charge in [-0.3, -0.25) is 4.79 Å². The first kappa shape index (κ1) is 20.9. The lowest BCUT2D eigenvalue weighted by molar-refractivity contribution is -0.121. The highest BCUT2D eigenvalue weighted by molar-refractivity contribution is 7.89. The molecule has 8 nitrogen and oxygen atoms in total. The summed E-state index contributed by atoms with van der Waals surface area (Å²) in [6.45, 7) is 0.501. The van der Waals surface area contributed by atoms with Crippen molar-refractivity contribution in [3.63, 3.8) is 0 Å². The van der Waals surface area contributed by atoms with Crippen molar-refractivity contribution in [3.05, 3.63) is 48.0 Å². The zero-order valence-electron chi connectivity index (χ0n) is 16.3. The van der Waals surface area contributed by atoms with Gasteiger partial charge in [0.25, 0.3) is 0 Å². The normalized spacial score (nSPS) is 15.7. The molecule has 2 N–H and O–H groups in total. The van der Waals surface area contributed by atoms with Crippen molar-refractivity contribution in [2.45, 2.75) is 23.8 Å². The van der Waals surface area contributed by atoms with Gasteiger partial charge >= 0.3 is 0 Å². The molecule has 1 atom stereocenters. The first-order valence-electron chi connectivity index (χ1n) is 9.17. The maximum absolute atomic E-state index is 12.5. The molecule has 9 heteroatoms. The second kappa shape index (κ2) is 9.15. The van der Waals surface area contributed by atoms with Crippen LogP contribution in [0.4, 0.5) is 0 Å². The average Bonchev–Trinajstić information content (AvgIpc) is 2.73. The Hall–Kier alpha value is -2.78. The van der Waals surface area contributed by atoms with Gasteiger partial charge in [0.15, 0.2) is 11.5 Å². The van der Waals surface area contributed by atoms with Crippen molar-refractivity contribution in [1.82, 2.24) is 10.0 Å². The Morgan fingerprint density at radius 3 is 2.66 bits per heavy atom. The lowest BCUT2D eigenvalue weighted by Crippen LogP contribution is -2.35. The van der Waals surface area contributed by atoms with E-state index in [1.165, 1.54) is 32.4 Å². The van der Waals surface area contributed by atoms with Gasteiger partial charge in [0.05, 0.1) is 31.8 Å². The lowest BCUT2D eigenvalue weighted by Gasteiger charge is -2.26. The van der Waals surface area contributed by atoms with E-state index in [-0.39, 0.29) is 29.8 Å². The molecule has 0 spiro atoms. The van der Waals surface area contributed by atoms with Crippen molar-refractivity contribution in [2.75, 3.05) is 27.4 Å². The number of ether oxygens (including phenoxy) is 3. The molecule has 1 unspecified atom stereocenters. The molecule has 2 aromatic rings. The molecule has 0 bridgehead atoms. The highest BCUT2D eigenvalue weighted by Gasteiger charge is 2.23. The van der Waals surface area contributed by atoms with E-state index in [1.807, 2.05) is 24.3 Å². The molecule has 1 amide bonds. The summed E-state index contributed by atoms with van der Waals surface area (Å²) in [5.74, 6) is 1.27. The highest BCUT2D eigenvalue weighted by atomic mass is 32.2. The quantitative estimate of drug-likeness (QED) is 0.677. The molecule has 1 heterocycles. The first-order chi connectivity index (χ1) is 13.9. The fraction of sp³-hybridized carbons (Fsp3) is 0.350. The van der Waals surface area contributed by atoms with Crippen molar-refractivity contribution in [3.8, 4) is 17.2 Å². The fourth-order valence-electron chi connectivity index (χ4n) is 3.12. The van der Waals surface area contributed by atoms with Crippen LogP contribution < -0.4 is 24.2 Å². The summed E-state index contributed by atoms with van der Waals surface area (Å²) in [7, 11) is -0.878. The number of para-hydroxylation sites is 1.